The number of amides is 2. The lowest BCUT2D eigenvalue weighted by Gasteiger charge is -2.18. The minimum Gasteiger partial charge on any atom is -0.480 e. The SMILES string of the molecule is NC(=O)N1CCC(N)(C(=O)O)C1. The standard InChI is InChI=1S/C6H11N3O3/c7-5(12)9-2-1-6(8,3-9)4(10)11/h1-3,8H2,(H2,7,12)(H,10,11). The Morgan fingerprint density at radius 1 is 1.50 bits per heavy atom. The molecular formula is C6H11N3O3. The van der Waals surface area contributed by atoms with Crippen LogP contribution >= 0.6 is 0 Å². The molecule has 0 spiro atoms. The molecule has 1 heterocycles. The third-order valence-corrected chi connectivity index (χ3v) is 2.04. The van der Waals surface area contributed by atoms with Crippen molar-refractivity contribution in [2.75, 3.05) is 13.1 Å². The van der Waals surface area contributed by atoms with Gasteiger partial charge < -0.3 is 21.5 Å². The van der Waals surface area contributed by atoms with E-state index in [-0.39, 0.29) is 13.0 Å². The Bertz CT molecular complexity index is 230. The first-order valence-corrected chi connectivity index (χ1v) is 3.52. The van der Waals surface area contributed by atoms with Gasteiger partial charge in [0, 0.05) is 6.54 Å². The average Bonchev–Trinajstić information content (AvgIpc) is 2.33. The monoisotopic (exact) mass is 173 g/mol. The maximum atomic E-state index is 10.6. The molecule has 1 atom stereocenters. The first-order valence-electron chi connectivity index (χ1n) is 3.52. The molecule has 0 aliphatic carbocycles. The highest BCUT2D eigenvalue weighted by atomic mass is 16.4. The zero-order chi connectivity index (χ0) is 9.35. The maximum Gasteiger partial charge on any atom is 0.325 e. The highest BCUT2D eigenvalue weighted by Gasteiger charge is 2.42. The van der Waals surface area contributed by atoms with Gasteiger partial charge in [0.25, 0.3) is 0 Å². The van der Waals surface area contributed by atoms with Crippen molar-refractivity contribution < 1.29 is 14.7 Å². The highest BCUT2D eigenvalue weighted by Crippen LogP contribution is 2.18. The first kappa shape index (κ1) is 8.79. The van der Waals surface area contributed by atoms with Crippen molar-refractivity contribution in [3.05, 3.63) is 0 Å². The molecule has 5 N–H and O–H groups in total. The average molecular weight is 173 g/mol. The van der Waals surface area contributed by atoms with Crippen molar-refractivity contribution in [2.24, 2.45) is 11.5 Å². The van der Waals surface area contributed by atoms with Crippen LogP contribution in [0.4, 0.5) is 4.79 Å². The van der Waals surface area contributed by atoms with Crippen molar-refractivity contribution in [3.63, 3.8) is 0 Å². The summed E-state index contributed by atoms with van der Waals surface area (Å²) in [5.41, 5.74) is 9.13. The van der Waals surface area contributed by atoms with E-state index < -0.39 is 17.5 Å². The zero-order valence-electron chi connectivity index (χ0n) is 6.49. The van der Waals surface area contributed by atoms with Crippen molar-refractivity contribution >= 4 is 12.0 Å². The lowest BCUT2D eigenvalue weighted by Crippen LogP contribution is -2.51. The number of nitrogens with two attached hydrogens (primary N) is 2. The van der Waals surface area contributed by atoms with E-state index in [1.807, 2.05) is 0 Å². The number of carboxylic acid groups (broad SMARTS) is 1. The summed E-state index contributed by atoms with van der Waals surface area (Å²) in [7, 11) is 0. The van der Waals surface area contributed by atoms with E-state index in [1.165, 1.54) is 4.90 Å². The summed E-state index contributed by atoms with van der Waals surface area (Å²) >= 11 is 0. The second-order valence-electron chi connectivity index (χ2n) is 2.97. The van der Waals surface area contributed by atoms with Gasteiger partial charge in [0.2, 0.25) is 0 Å². The molecule has 0 aromatic carbocycles. The van der Waals surface area contributed by atoms with Gasteiger partial charge in [-0.1, -0.05) is 0 Å². The molecule has 68 valence electrons. The van der Waals surface area contributed by atoms with Crippen molar-refractivity contribution in [1.82, 2.24) is 4.90 Å². The molecule has 0 radical (unpaired) electrons. The van der Waals surface area contributed by atoms with E-state index in [0.29, 0.717) is 6.54 Å². The van der Waals surface area contributed by atoms with Crippen LogP contribution in [0.5, 0.6) is 0 Å². The second kappa shape index (κ2) is 2.63. The van der Waals surface area contributed by atoms with Gasteiger partial charge in [-0.2, -0.15) is 0 Å². The van der Waals surface area contributed by atoms with E-state index in [4.69, 9.17) is 16.6 Å². The van der Waals surface area contributed by atoms with Gasteiger partial charge in [0.15, 0.2) is 0 Å². The fraction of sp³-hybridized carbons (Fsp3) is 0.667. The summed E-state index contributed by atoms with van der Waals surface area (Å²) in [6.45, 7) is 0.315. The Morgan fingerprint density at radius 2 is 2.08 bits per heavy atom. The van der Waals surface area contributed by atoms with E-state index in [1.54, 1.807) is 0 Å². The molecule has 1 rings (SSSR count). The van der Waals surface area contributed by atoms with E-state index in [2.05, 4.69) is 0 Å². The van der Waals surface area contributed by atoms with Crippen molar-refractivity contribution in [2.45, 2.75) is 12.0 Å². The summed E-state index contributed by atoms with van der Waals surface area (Å²) in [6, 6.07) is -0.622. The number of nitrogens with zero attached hydrogens (tertiary/aromatic N) is 1. The Labute approximate surface area is 69.1 Å². The lowest BCUT2D eigenvalue weighted by atomic mass is 10.0. The summed E-state index contributed by atoms with van der Waals surface area (Å²) in [4.78, 5) is 22.4. The van der Waals surface area contributed by atoms with Gasteiger partial charge in [0.1, 0.15) is 5.54 Å². The summed E-state index contributed by atoms with van der Waals surface area (Å²) < 4.78 is 0. The quantitative estimate of drug-likeness (QED) is 0.450. The van der Waals surface area contributed by atoms with Crippen LogP contribution in [0.3, 0.4) is 0 Å². The largest absolute Gasteiger partial charge is 0.480 e. The number of likely N-dealkylation sites (tertiary alicyclic amines) is 1. The predicted octanol–water partition coefficient (Wildman–Crippen LogP) is -1.45. The number of carboxylic acids is 1. The third-order valence-electron chi connectivity index (χ3n) is 2.04. The van der Waals surface area contributed by atoms with Gasteiger partial charge in [-0.3, -0.25) is 4.79 Å². The topological polar surface area (TPSA) is 110 Å². The molecule has 12 heavy (non-hydrogen) atoms. The molecule has 1 aliphatic rings. The fourth-order valence-electron chi connectivity index (χ4n) is 1.20. The maximum absolute atomic E-state index is 10.6. The van der Waals surface area contributed by atoms with Crippen molar-refractivity contribution in [3.8, 4) is 0 Å². The molecule has 6 nitrogen and oxygen atoms in total. The summed E-state index contributed by atoms with van der Waals surface area (Å²) in [5.74, 6) is -1.09. The molecule has 1 aliphatic heterocycles. The lowest BCUT2D eigenvalue weighted by molar-refractivity contribution is -0.142. The number of hydrogen-bond acceptors (Lipinski definition) is 3. The Balaban J connectivity index is 2.67. The Kier molecular flexibility index (Phi) is 1.93. The van der Waals surface area contributed by atoms with Gasteiger partial charge in [-0.25, -0.2) is 4.79 Å². The fourth-order valence-corrected chi connectivity index (χ4v) is 1.20. The molecule has 1 saturated heterocycles. The molecule has 1 unspecified atom stereocenters. The second-order valence-corrected chi connectivity index (χ2v) is 2.97. The van der Waals surface area contributed by atoms with Crippen LogP contribution in [-0.4, -0.2) is 40.6 Å². The molecule has 6 heteroatoms. The smallest absolute Gasteiger partial charge is 0.325 e. The van der Waals surface area contributed by atoms with Crippen LogP contribution in [0, 0.1) is 0 Å². The number of aliphatic carboxylic acids is 1. The molecule has 0 saturated carbocycles. The normalized spacial score (nSPS) is 28.9. The van der Waals surface area contributed by atoms with Gasteiger partial charge in [-0.05, 0) is 6.42 Å². The van der Waals surface area contributed by atoms with Crippen LogP contribution < -0.4 is 11.5 Å². The molecule has 0 aromatic heterocycles. The van der Waals surface area contributed by atoms with Crippen LogP contribution in [0.1, 0.15) is 6.42 Å². The number of rotatable bonds is 1. The van der Waals surface area contributed by atoms with Gasteiger partial charge in [0.05, 0.1) is 6.54 Å². The van der Waals surface area contributed by atoms with E-state index in [0.717, 1.165) is 0 Å². The number of carbonyl (C=O) groups is 2. The molecule has 0 aromatic rings. The van der Waals surface area contributed by atoms with Gasteiger partial charge in [-0.15, -0.1) is 0 Å². The molecular weight excluding hydrogens is 162 g/mol. The third kappa shape index (κ3) is 1.33. The van der Waals surface area contributed by atoms with E-state index >= 15 is 0 Å². The minimum absolute atomic E-state index is 0.00231. The predicted molar refractivity (Wildman–Crippen MR) is 40.3 cm³/mol. The zero-order valence-corrected chi connectivity index (χ0v) is 6.49. The minimum atomic E-state index is -1.31. The molecule has 1 fully saturated rings. The molecule has 0 bridgehead atoms. The number of carbonyl (C=O) groups excluding carboxylic acids is 1. The van der Waals surface area contributed by atoms with E-state index in [9.17, 15) is 9.59 Å². The number of hydrogen-bond donors (Lipinski definition) is 3. The number of urea groups is 1. The van der Waals surface area contributed by atoms with Crippen LogP contribution in [0.2, 0.25) is 0 Å². The summed E-state index contributed by atoms with van der Waals surface area (Å²) in [5, 5.41) is 8.67. The van der Waals surface area contributed by atoms with Crippen LogP contribution in [0.25, 0.3) is 0 Å². The Hall–Kier alpha value is -1.30. The summed E-state index contributed by atoms with van der Waals surface area (Å²) in [6.07, 6.45) is 0.255. The Morgan fingerprint density at radius 3 is 2.33 bits per heavy atom. The van der Waals surface area contributed by atoms with Crippen LogP contribution in [-0.2, 0) is 4.79 Å². The van der Waals surface area contributed by atoms with Crippen LogP contribution in [0.15, 0.2) is 0 Å². The number of primary amides is 1. The first-order chi connectivity index (χ1) is 5.46. The van der Waals surface area contributed by atoms with Gasteiger partial charge >= 0.3 is 12.0 Å². The molecule has 2 amide bonds. The highest BCUT2D eigenvalue weighted by molar-refractivity contribution is 5.81. The van der Waals surface area contributed by atoms with Crippen molar-refractivity contribution in [1.29, 1.82) is 0 Å².